The van der Waals surface area contributed by atoms with E-state index in [1.54, 1.807) is 0 Å². The fourth-order valence-corrected chi connectivity index (χ4v) is 1.44. The molecule has 2 aromatic rings. The van der Waals surface area contributed by atoms with E-state index in [9.17, 15) is 0 Å². The SMILES string of the molecule is CCc1nc2ccc(Br)cc2o1. The number of benzene rings is 1. The summed E-state index contributed by atoms with van der Waals surface area (Å²) in [5.74, 6) is 0.795. The number of oxazole rings is 1. The minimum absolute atomic E-state index is 0.795. The lowest BCUT2D eigenvalue weighted by molar-refractivity contribution is 0.538. The van der Waals surface area contributed by atoms with Crippen LogP contribution in [0.5, 0.6) is 0 Å². The fraction of sp³-hybridized carbons (Fsp3) is 0.222. The van der Waals surface area contributed by atoms with Gasteiger partial charge in [-0.25, -0.2) is 4.98 Å². The van der Waals surface area contributed by atoms with Crippen molar-refractivity contribution >= 4 is 27.0 Å². The molecule has 2 nitrogen and oxygen atoms in total. The van der Waals surface area contributed by atoms with E-state index in [4.69, 9.17) is 4.42 Å². The molecule has 0 fully saturated rings. The quantitative estimate of drug-likeness (QED) is 0.746. The first-order valence-corrected chi connectivity index (χ1v) is 4.64. The number of hydrogen-bond donors (Lipinski definition) is 0. The van der Waals surface area contributed by atoms with Crippen molar-refractivity contribution in [3.63, 3.8) is 0 Å². The van der Waals surface area contributed by atoms with Crippen molar-refractivity contribution in [2.75, 3.05) is 0 Å². The maximum atomic E-state index is 5.46. The van der Waals surface area contributed by atoms with Crippen LogP contribution < -0.4 is 0 Å². The van der Waals surface area contributed by atoms with Crippen LogP contribution in [0.1, 0.15) is 12.8 Å². The van der Waals surface area contributed by atoms with E-state index in [-0.39, 0.29) is 0 Å². The largest absolute Gasteiger partial charge is 0.441 e. The molecule has 2 rings (SSSR count). The van der Waals surface area contributed by atoms with Crippen LogP contribution in [0.2, 0.25) is 0 Å². The molecule has 0 spiro atoms. The summed E-state index contributed by atoms with van der Waals surface area (Å²) >= 11 is 3.38. The maximum Gasteiger partial charge on any atom is 0.195 e. The van der Waals surface area contributed by atoms with Crippen LogP contribution in [-0.4, -0.2) is 4.98 Å². The van der Waals surface area contributed by atoms with Crippen LogP contribution >= 0.6 is 15.9 Å². The molecule has 0 aliphatic rings. The molecule has 0 amide bonds. The summed E-state index contributed by atoms with van der Waals surface area (Å²) in [4.78, 5) is 4.28. The Morgan fingerprint density at radius 3 is 3.08 bits per heavy atom. The zero-order valence-corrected chi connectivity index (χ0v) is 8.26. The molecule has 0 aliphatic carbocycles. The molecule has 12 heavy (non-hydrogen) atoms. The summed E-state index contributed by atoms with van der Waals surface area (Å²) in [5, 5.41) is 0. The highest BCUT2D eigenvalue weighted by Crippen LogP contribution is 2.20. The van der Waals surface area contributed by atoms with Crippen molar-refractivity contribution in [3.8, 4) is 0 Å². The Hall–Kier alpha value is -0.830. The third-order valence-electron chi connectivity index (χ3n) is 1.70. The Labute approximate surface area is 78.7 Å². The number of fused-ring (bicyclic) bond motifs is 1. The van der Waals surface area contributed by atoms with Gasteiger partial charge in [-0.15, -0.1) is 0 Å². The summed E-state index contributed by atoms with van der Waals surface area (Å²) in [6.07, 6.45) is 0.840. The lowest BCUT2D eigenvalue weighted by Crippen LogP contribution is -1.74. The van der Waals surface area contributed by atoms with Crippen molar-refractivity contribution in [3.05, 3.63) is 28.6 Å². The van der Waals surface area contributed by atoms with Gasteiger partial charge < -0.3 is 4.42 Å². The monoisotopic (exact) mass is 225 g/mol. The summed E-state index contributed by atoms with van der Waals surface area (Å²) in [6, 6.07) is 5.84. The van der Waals surface area contributed by atoms with Crippen LogP contribution in [0.4, 0.5) is 0 Å². The summed E-state index contributed by atoms with van der Waals surface area (Å²) in [7, 11) is 0. The van der Waals surface area contributed by atoms with Crippen molar-refractivity contribution in [1.82, 2.24) is 4.98 Å². The van der Waals surface area contributed by atoms with Gasteiger partial charge in [-0.2, -0.15) is 0 Å². The zero-order valence-electron chi connectivity index (χ0n) is 6.67. The van der Waals surface area contributed by atoms with Gasteiger partial charge in [0.25, 0.3) is 0 Å². The highest BCUT2D eigenvalue weighted by molar-refractivity contribution is 9.10. The van der Waals surface area contributed by atoms with E-state index in [0.717, 1.165) is 27.9 Å². The molecule has 0 N–H and O–H groups in total. The van der Waals surface area contributed by atoms with Gasteiger partial charge in [0.05, 0.1) is 0 Å². The highest BCUT2D eigenvalue weighted by atomic mass is 79.9. The van der Waals surface area contributed by atoms with Crippen molar-refractivity contribution in [2.24, 2.45) is 0 Å². The van der Waals surface area contributed by atoms with Gasteiger partial charge in [0, 0.05) is 10.9 Å². The van der Waals surface area contributed by atoms with E-state index >= 15 is 0 Å². The number of aryl methyl sites for hydroxylation is 1. The van der Waals surface area contributed by atoms with Crippen LogP contribution in [0.25, 0.3) is 11.1 Å². The van der Waals surface area contributed by atoms with Gasteiger partial charge in [0.1, 0.15) is 5.52 Å². The van der Waals surface area contributed by atoms with Crippen LogP contribution in [-0.2, 0) is 6.42 Å². The summed E-state index contributed by atoms with van der Waals surface area (Å²) in [5.41, 5.74) is 1.77. The number of rotatable bonds is 1. The van der Waals surface area contributed by atoms with Crippen molar-refractivity contribution in [1.29, 1.82) is 0 Å². The van der Waals surface area contributed by atoms with E-state index in [0.29, 0.717) is 0 Å². The van der Waals surface area contributed by atoms with Gasteiger partial charge in [0.15, 0.2) is 11.5 Å². The molecule has 3 heteroatoms. The van der Waals surface area contributed by atoms with Crippen LogP contribution in [0, 0.1) is 0 Å². The third-order valence-corrected chi connectivity index (χ3v) is 2.19. The molecule has 0 unspecified atom stereocenters. The van der Waals surface area contributed by atoms with E-state index < -0.39 is 0 Å². The molecule has 0 atom stereocenters. The Morgan fingerprint density at radius 2 is 2.33 bits per heavy atom. The zero-order chi connectivity index (χ0) is 8.55. The minimum Gasteiger partial charge on any atom is -0.441 e. The standard InChI is InChI=1S/C9H8BrNO/c1-2-9-11-7-4-3-6(10)5-8(7)12-9/h3-5H,2H2,1H3. The lowest BCUT2D eigenvalue weighted by Gasteiger charge is -1.86. The van der Waals surface area contributed by atoms with Gasteiger partial charge in [-0.05, 0) is 18.2 Å². The Morgan fingerprint density at radius 1 is 1.50 bits per heavy atom. The summed E-state index contributed by atoms with van der Waals surface area (Å²) < 4.78 is 6.48. The fourth-order valence-electron chi connectivity index (χ4n) is 1.10. The van der Waals surface area contributed by atoms with Gasteiger partial charge in [-0.1, -0.05) is 22.9 Å². The van der Waals surface area contributed by atoms with E-state index in [1.165, 1.54) is 0 Å². The number of halogens is 1. The average Bonchev–Trinajstić information content (AvgIpc) is 2.46. The topological polar surface area (TPSA) is 26.0 Å². The van der Waals surface area contributed by atoms with Gasteiger partial charge >= 0.3 is 0 Å². The second-order valence-corrected chi connectivity index (χ2v) is 3.49. The maximum absolute atomic E-state index is 5.46. The third kappa shape index (κ3) is 1.25. The normalized spacial score (nSPS) is 10.8. The Bertz CT molecular complexity index is 408. The number of aromatic nitrogens is 1. The van der Waals surface area contributed by atoms with Crippen molar-refractivity contribution in [2.45, 2.75) is 13.3 Å². The summed E-state index contributed by atoms with van der Waals surface area (Å²) in [6.45, 7) is 2.03. The Kier molecular flexibility index (Phi) is 1.89. The second kappa shape index (κ2) is 2.90. The first-order chi connectivity index (χ1) is 5.79. The first kappa shape index (κ1) is 7.80. The first-order valence-electron chi connectivity index (χ1n) is 3.84. The molecule has 0 saturated heterocycles. The van der Waals surface area contributed by atoms with E-state index in [2.05, 4.69) is 20.9 Å². The van der Waals surface area contributed by atoms with Gasteiger partial charge in [0.2, 0.25) is 0 Å². The molecule has 0 saturated carbocycles. The average molecular weight is 226 g/mol. The Balaban J connectivity index is 2.67. The minimum atomic E-state index is 0.795. The molecule has 1 heterocycles. The van der Waals surface area contributed by atoms with Crippen molar-refractivity contribution < 1.29 is 4.42 Å². The smallest absolute Gasteiger partial charge is 0.195 e. The molecule has 1 aromatic carbocycles. The number of nitrogens with zero attached hydrogens (tertiary/aromatic N) is 1. The molecular weight excluding hydrogens is 218 g/mol. The predicted octanol–water partition coefficient (Wildman–Crippen LogP) is 3.15. The number of hydrogen-bond acceptors (Lipinski definition) is 2. The molecule has 0 bridgehead atoms. The molecular formula is C9H8BrNO. The molecule has 0 radical (unpaired) electrons. The molecule has 1 aromatic heterocycles. The van der Waals surface area contributed by atoms with Crippen LogP contribution in [0.15, 0.2) is 27.1 Å². The lowest BCUT2D eigenvalue weighted by atomic mass is 10.3. The molecule has 62 valence electrons. The van der Waals surface area contributed by atoms with E-state index in [1.807, 2.05) is 25.1 Å². The second-order valence-electron chi connectivity index (χ2n) is 2.57. The highest BCUT2D eigenvalue weighted by Gasteiger charge is 2.02. The molecule has 0 aliphatic heterocycles. The van der Waals surface area contributed by atoms with Crippen LogP contribution in [0.3, 0.4) is 0 Å². The predicted molar refractivity (Wildman–Crippen MR) is 51.1 cm³/mol. The van der Waals surface area contributed by atoms with Gasteiger partial charge in [-0.3, -0.25) is 0 Å².